The molecule has 6 nitrogen and oxygen atoms in total. The van der Waals surface area contributed by atoms with Crippen molar-refractivity contribution in [3.63, 3.8) is 0 Å². The molecule has 0 saturated carbocycles. The highest BCUT2D eigenvalue weighted by atomic mass is 16.6. The third kappa shape index (κ3) is 5.99. The largest absolute Gasteiger partial charge is 0.491 e. The van der Waals surface area contributed by atoms with Crippen LogP contribution in [0.25, 0.3) is 0 Å². The van der Waals surface area contributed by atoms with Crippen LogP contribution in [-0.2, 0) is 0 Å². The molecule has 0 bridgehead atoms. The Kier molecular flexibility index (Phi) is 6.94. The fraction of sp³-hybridized carbons (Fsp3) is 0.600. The van der Waals surface area contributed by atoms with E-state index in [1.807, 2.05) is 13.8 Å². The van der Waals surface area contributed by atoms with Crippen LogP contribution in [0.3, 0.4) is 0 Å². The number of nitro groups is 1. The lowest BCUT2D eigenvalue weighted by Crippen LogP contribution is -2.28. The maximum Gasteiger partial charge on any atom is 0.275 e. The van der Waals surface area contributed by atoms with E-state index in [2.05, 4.69) is 24.1 Å². The molecule has 0 atom stereocenters. The van der Waals surface area contributed by atoms with Crippen LogP contribution in [-0.4, -0.2) is 42.1 Å². The number of nitro benzene ring substituents is 1. The highest BCUT2D eigenvalue weighted by molar-refractivity contribution is 5.56. The Bertz CT molecular complexity index is 459. The van der Waals surface area contributed by atoms with E-state index < -0.39 is 4.92 Å². The van der Waals surface area contributed by atoms with Crippen molar-refractivity contribution < 1.29 is 9.66 Å². The number of likely N-dealkylation sites (N-methyl/N-ethyl adjacent to an activating group) is 1. The van der Waals surface area contributed by atoms with Crippen molar-refractivity contribution in [3.05, 3.63) is 28.3 Å². The Balaban J connectivity index is 2.75. The molecule has 0 aliphatic heterocycles. The first kappa shape index (κ1) is 17.2. The minimum absolute atomic E-state index is 0.0180. The molecule has 0 radical (unpaired) electrons. The average Bonchev–Trinajstić information content (AvgIpc) is 2.42. The van der Waals surface area contributed by atoms with E-state index in [1.165, 1.54) is 12.1 Å². The van der Waals surface area contributed by atoms with Crippen LogP contribution in [0, 0.1) is 10.1 Å². The van der Waals surface area contributed by atoms with Crippen molar-refractivity contribution >= 4 is 11.4 Å². The van der Waals surface area contributed by atoms with E-state index in [1.54, 1.807) is 6.07 Å². The van der Waals surface area contributed by atoms with Crippen molar-refractivity contribution in [2.45, 2.75) is 33.8 Å². The second kappa shape index (κ2) is 8.46. The smallest absolute Gasteiger partial charge is 0.275 e. The van der Waals surface area contributed by atoms with Gasteiger partial charge in [0.05, 0.1) is 17.1 Å². The van der Waals surface area contributed by atoms with Crippen LogP contribution in [0.2, 0.25) is 0 Å². The Hall–Kier alpha value is -1.82. The number of non-ortho nitro benzene ring substituents is 1. The van der Waals surface area contributed by atoms with Crippen LogP contribution in [0.4, 0.5) is 11.4 Å². The van der Waals surface area contributed by atoms with Crippen molar-refractivity contribution in [2.24, 2.45) is 0 Å². The molecule has 1 aromatic rings. The summed E-state index contributed by atoms with van der Waals surface area (Å²) in [5.41, 5.74) is 0.755. The zero-order valence-electron chi connectivity index (χ0n) is 13.3. The standard InChI is InChI=1S/C15H25N3O3/c1-5-17(6-2)8-7-16-13-9-14(18(19)20)11-15(10-13)21-12(3)4/h9-12,16H,5-8H2,1-4H3. The summed E-state index contributed by atoms with van der Waals surface area (Å²) in [6, 6.07) is 4.79. The summed E-state index contributed by atoms with van der Waals surface area (Å²) in [5.74, 6) is 0.518. The molecular weight excluding hydrogens is 270 g/mol. The quantitative estimate of drug-likeness (QED) is 0.560. The predicted octanol–water partition coefficient (Wildman–Crippen LogP) is 3.14. The second-order valence-corrected chi connectivity index (χ2v) is 5.09. The van der Waals surface area contributed by atoms with Crippen LogP contribution in [0.15, 0.2) is 18.2 Å². The van der Waals surface area contributed by atoms with Crippen molar-refractivity contribution in [1.29, 1.82) is 0 Å². The van der Waals surface area contributed by atoms with Gasteiger partial charge in [0.15, 0.2) is 0 Å². The minimum atomic E-state index is -0.400. The summed E-state index contributed by atoms with van der Waals surface area (Å²) in [5, 5.41) is 14.2. The van der Waals surface area contributed by atoms with E-state index in [4.69, 9.17) is 4.74 Å². The number of nitrogens with one attached hydrogen (secondary N) is 1. The van der Waals surface area contributed by atoms with Gasteiger partial charge in [0.1, 0.15) is 5.75 Å². The van der Waals surface area contributed by atoms with Gasteiger partial charge in [0.25, 0.3) is 5.69 Å². The molecule has 1 rings (SSSR count). The van der Waals surface area contributed by atoms with Gasteiger partial charge in [-0.2, -0.15) is 0 Å². The van der Waals surface area contributed by atoms with Gasteiger partial charge >= 0.3 is 0 Å². The number of hydrogen-bond acceptors (Lipinski definition) is 5. The molecule has 0 aliphatic rings. The summed E-state index contributed by atoms with van der Waals surface area (Å²) in [6.45, 7) is 11.7. The molecule has 0 aromatic heterocycles. The fourth-order valence-corrected chi connectivity index (χ4v) is 2.03. The Morgan fingerprint density at radius 3 is 2.48 bits per heavy atom. The van der Waals surface area contributed by atoms with E-state index in [0.29, 0.717) is 11.4 Å². The van der Waals surface area contributed by atoms with E-state index >= 15 is 0 Å². The number of rotatable bonds is 9. The third-order valence-corrected chi connectivity index (χ3v) is 3.13. The van der Waals surface area contributed by atoms with Gasteiger partial charge < -0.3 is 15.0 Å². The fourth-order valence-electron chi connectivity index (χ4n) is 2.03. The topological polar surface area (TPSA) is 67.6 Å². The van der Waals surface area contributed by atoms with Gasteiger partial charge in [-0.25, -0.2) is 0 Å². The van der Waals surface area contributed by atoms with Crippen LogP contribution >= 0.6 is 0 Å². The summed E-state index contributed by atoms with van der Waals surface area (Å²) < 4.78 is 5.56. The minimum Gasteiger partial charge on any atom is -0.491 e. The lowest BCUT2D eigenvalue weighted by Gasteiger charge is -2.18. The lowest BCUT2D eigenvalue weighted by atomic mass is 10.2. The normalized spacial score (nSPS) is 11.0. The number of ether oxygens (including phenoxy) is 1. The van der Waals surface area contributed by atoms with Crippen molar-refractivity contribution in [1.82, 2.24) is 4.90 Å². The predicted molar refractivity (Wildman–Crippen MR) is 85.1 cm³/mol. The van der Waals surface area contributed by atoms with Crippen LogP contribution in [0.1, 0.15) is 27.7 Å². The summed E-state index contributed by atoms with van der Waals surface area (Å²) in [4.78, 5) is 12.9. The summed E-state index contributed by atoms with van der Waals surface area (Å²) in [6.07, 6.45) is -0.0180. The maximum atomic E-state index is 11.0. The molecule has 118 valence electrons. The molecule has 0 fully saturated rings. The average molecular weight is 295 g/mol. The molecule has 0 unspecified atom stereocenters. The molecule has 1 aromatic carbocycles. The number of anilines is 1. The van der Waals surface area contributed by atoms with Crippen molar-refractivity contribution in [3.8, 4) is 5.75 Å². The molecule has 1 N–H and O–H groups in total. The molecule has 0 aliphatic carbocycles. The molecule has 0 saturated heterocycles. The first-order valence-corrected chi connectivity index (χ1v) is 7.38. The van der Waals surface area contributed by atoms with Gasteiger partial charge in [0, 0.05) is 30.9 Å². The van der Waals surface area contributed by atoms with Gasteiger partial charge in [-0.1, -0.05) is 13.8 Å². The number of nitrogens with zero attached hydrogens (tertiary/aromatic N) is 2. The zero-order valence-corrected chi connectivity index (χ0v) is 13.3. The maximum absolute atomic E-state index is 11.0. The summed E-state index contributed by atoms with van der Waals surface area (Å²) >= 11 is 0. The zero-order chi connectivity index (χ0) is 15.8. The number of benzene rings is 1. The van der Waals surface area contributed by atoms with Gasteiger partial charge in [-0.05, 0) is 26.9 Å². The number of hydrogen-bond donors (Lipinski definition) is 1. The first-order chi connectivity index (χ1) is 9.96. The molecule has 6 heteroatoms. The molecular formula is C15H25N3O3. The molecule has 0 spiro atoms. The van der Waals surface area contributed by atoms with E-state index in [-0.39, 0.29) is 11.8 Å². The lowest BCUT2D eigenvalue weighted by molar-refractivity contribution is -0.384. The summed E-state index contributed by atoms with van der Waals surface area (Å²) in [7, 11) is 0. The molecule has 0 heterocycles. The molecule has 21 heavy (non-hydrogen) atoms. The van der Waals surface area contributed by atoms with E-state index in [9.17, 15) is 10.1 Å². The van der Waals surface area contributed by atoms with Gasteiger partial charge in [-0.3, -0.25) is 10.1 Å². The second-order valence-electron chi connectivity index (χ2n) is 5.09. The Morgan fingerprint density at radius 2 is 1.95 bits per heavy atom. The first-order valence-electron chi connectivity index (χ1n) is 7.38. The van der Waals surface area contributed by atoms with Crippen LogP contribution < -0.4 is 10.1 Å². The Morgan fingerprint density at radius 1 is 1.29 bits per heavy atom. The van der Waals surface area contributed by atoms with Gasteiger partial charge in [0.2, 0.25) is 0 Å². The molecule has 0 amide bonds. The highest BCUT2D eigenvalue weighted by Crippen LogP contribution is 2.26. The van der Waals surface area contributed by atoms with Crippen LogP contribution in [0.5, 0.6) is 5.75 Å². The third-order valence-electron chi connectivity index (χ3n) is 3.13. The Labute approximate surface area is 126 Å². The SMILES string of the molecule is CCN(CC)CCNc1cc(OC(C)C)cc([N+](=O)[O-])c1. The highest BCUT2D eigenvalue weighted by Gasteiger charge is 2.11. The monoisotopic (exact) mass is 295 g/mol. The van der Waals surface area contributed by atoms with E-state index in [0.717, 1.165) is 26.2 Å². The van der Waals surface area contributed by atoms with Crippen molar-refractivity contribution in [2.75, 3.05) is 31.5 Å². The van der Waals surface area contributed by atoms with Gasteiger partial charge in [-0.15, -0.1) is 0 Å².